The van der Waals surface area contributed by atoms with Crippen molar-refractivity contribution in [3.63, 3.8) is 0 Å². The van der Waals surface area contributed by atoms with Gasteiger partial charge in [-0.3, -0.25) is 9.79 Å². The van der Waals surface area contributed by atoms with E-state index in [2.05, 4.69) is 20.9 Å². The Morgan fingerprint density at radius 3 is 2.74 bits per heavy atom. The maximum absolute atomic E-state index is 13.2. The minimum absolute atomic E-state index is 0.0336. The van der Waals surface area contributed by atoms with E-state index in [0.717, 1.165) is 41.4 Å². The molecule has 0 aliphatic carbocycles. The SMILES string of the molecule is CCNC(=NCCCNC(=O)c1cccs1)NCCc1ccc(F)cc1C. The molecule has 7 heteroatoms. The third-order valence-electron chi connectivity index (χ3n) is 3.97. The number of benzene rings is 1. The van der Waals surface area contributed by atoms with E-state index in [0.29, 0.717) is 19.6 Å². The fourth-order valence-electron chi connectivity index (χ4n) is 2.56. The predicted molar refractivity (Wildman–Crippen MR) is 110 cm³/mol. The van der Waals surface area contributed by atoms with Crippen LogP contribution in [0.25, 0.3) is 0 Å². The van der Waals surface area contributed by atoms with E-state index in [-0.39, 0.29) is 11.7 Å². The Balaban J connectivity index is 1.70. The Morgan fingerprint density at radius 1 is 1.19 bits per heavy atom. The molecular formula is C20H27FN4OS. The van der Waals surface area contributed by atoms with Gasteiger partial charge in [0.1, 0.15) is 5.82 Å². The molecule has 0 radical (unpaired) electrons. The Kier molecular flexibility index (Phi) is 8.77. The summed E-state index contributed by atoms with van der Waals surface area (Å²) in [6.07, 6.45) is 1.57. The summed E-state index contributed by atoms with van der Waals surface area (Å²) in [4.78, 5) is 17.1. The molecule has 27 heavy (non-hydrogen) atoms. The molecule has 146 valence electrons. The molecule has 2 rings (SSSR count). The highest BCUT2D eigenvalue weighted by Gasteiger charge is 2.05. The number of aryl methyl sites for hydroxylation is 1. The van der Waals surface area contributed by atoms with Crippen molar-refractivity contribution in [1.82, 2.24) is 16.0 Å². The number of halogens is 1. The van der Waals surface area contributed by atoms with Crippen molar-refractivity contribution < 1.29 is 9.18 Å². The zero-order valence-corrected chi connectivity index (χ0v) is 16.7. The number of amides is 1. The lowest BCUT2D eigenvalue weighted by Crippen LogP contribution is -2.38. The number of aliphatic imine (C=N–C) groups is 1. The predicted octanol–water partition coefficient (Wildman–Crippen LogP) is 3.11. The minimum atomic E-state index is -0.203. The molecule has 0 spiro atoms. The fourth-order valence-corrected chi connectivity index (χ4v) is 3.20. The van der Waals surface area contributed by atoms with Crippen LogP contribution in [0.15, 0.2) is 40.7 Å². The first-order valence-corrected chi connectivity index (χ1v) is 10.1. The van der Waals surface area contributed by atoms with Crippen molar-refractivity contribution in [2.75, 3.05) is 26.2 Å². The lowest BCUT2D eigenvalue weighted by molar-refractivity contribution is 0.0957. The largest absolute Gasteiger partial charge is 0.357 e. The Hall–Kier alpha value is -2.41. The maximum Gasteiger partial charge on any atom is 0.261 e. The van der Waals surface area contributed by atoms with Crippen LogP contribution in [0.1, 0.15) is 34.1 Å². The summed E-state index contributed by atoms with van der Waals surface area (Å²) < 4.78 is 13.2. The van der Waals surface area contributed by atoms with Crippen LogP contribution >= 0.6 is 11.3 Å². The number of nitrogens with zero attached hydrogens (tertiary/aromatic N) is 1. The summed E-state index contributed by atoms with van der Waals surface area (Å²) in [5, 5.41) is 11.3. The number of nitrogens with one attached hydrogen (secondary N) is 3. The van der Waals surface area contributed by atoms with Gasteiger partial charge in [0.2, 0.25) is 0 Å². The van der Waals surface area contributed by atoms with Gasteiger partial charge in [-0.25, -0.2) is 4.39 Å². The monoisotopic (exact) mass is 390 g/mol. The highest BCUT2D eigenvalue weighted by molar-refractivity contribution is 7.12. The lowest BCUT2D eigenvalue weighted by atomic mass is 10.1. The van der Waals surface area contributed by atoms with E-state index in [1.54, 1.807) is 6.07 Å². The van der Waals surface area contributed by atoms with E-state index < -0.39 is 0 Å². The third kappa shape index (κ3) is 7.38. The highest BCUT2D eigenvalue weighted by atomic mass is 32.1. The number of rotatable bonds is 9. The van der Waals surface area contributed by atoms with Crippen LogP contribution in [0.4, 0.5) is 4.39 Å². The van der Waals surface area contributed by atoms with Gasteiger partial charge in [-0.2, -0.15) is 0 Å². The minimum Gasteiger partial charge on any atom is -0.357 e. The lowest BCUT2D eigenvalue weighted by Gasteiger charge is -2.12. The highest BCUT2D eigenvalue weighted by Crippen LogP contribution is 2.10. The quantitative estimate of drug-likeness (QED) is 0.350. The molecule has 0 aliphatic rings. The molecule has 1 aromatic heterocycles. The number of hydrogen-bond acceptors (Lipinski definition) is 3. The second-order valence-corrected chi connectivity index (χ2v) is 7.04. The van der Waals surface area contributed by atoms with E-state index in [4.69, 9.17) is 0 Å². The zero-order chi connectivity index (χ0) is 19.5. The van der Waals surface area contributed by atoms with Gasteiger partial charge in [-0.15, -0.1) is 11.3 Å². The van der Waals surface area contributed by atoms with Crippen molar-refractivity contribution in [2.24, 2.45) is 4.99 Å². The summed E-state index contributed by atoms with van der Waals surface area (Å²) >= 11 is 1.43. The van der Waals surface area contributed by atoms with Crippen LogP contribution in [0, 0.1) is 12.7 Å². The van der Waals surface area contributed by atoms with E-state index in [1.807, 2.05) is 37.4 Å². The van der Waals surface area contributed by atoms with Crippen LogP contribution in [-0.4, -0.2) is 38.0 Å². The smallest absolute Gasteiger partial charge is 0.261 e. The van der Waals surface area contributed by atoms with Crippen molar-refractivity contribution in [1.29, 1.82) is 0 Å². The average molecular weight is 391 g/mol. The Bertz CT molecular complexity index is 746. The van der Waals surface area contributed by atoms with Gasteiger partial charge >= 0.3 is 0 Å². The summed E-state index contributed by atoms with van der Waals surface area (Å²) in [5.74, 6) is 0.515. The van der Waals surface area contributed by atoms with Crippen molar-refractivity contribution in [2.45, 2.75) is 26.7 Å². The topological polar surface area (TPSA) is 65.5 Å². The van der Waals surface area contributed by atoms with Crippen LogP contribution in [0.5, 0.6) is 0 Å². The van der Waals surface area contributed by atoms with Crippen LogP contribution in [0.2, 0.25) is 0 Å². The number of guanidine groups is 1. The molecule has 0 fully saturated rings. The van der Waals surface area contributed by atoms with Gasteiger partial charge in [0.15, 0.2) is 5.96 Å². The standard InChI is InChI=1S/C20H27FN4OS/c1-3-22-20(25-12-9-16-7-8-17(21)14-15(16)2)24-11-5-10-23-19(26)18-6-4-13-27-18/h4,6-8,13-14H,3,5,9-12H2,1-2H3,(H,23,26)(H2,22,24,25). The summed E-state index contributed by atoms with van der Waals surface area (Å²) in [6, 6.07) is 8.55. The van der Waals surface area contributed by atoms with Gasteiger partial charge in [0.25, 0.3) is 5.91 Å². The van der Waals surface area contributed by atoms with Crippen molar-refractivity contribution >= 4 is 23.2 Å². The first-order chi connectivity index (χ1) is 13.1. The Morgan fingerprint density at radius 2 is 2.04 bits per heavy atom. The normalized spacial score (nSPS) is 11.3. The van der Waals surface area contributed by atoms with Gasteiger partial charge in [-0.05, 0) is 61.4 Å². The molecule has 5 nitrogen and oxygen atoms in total. The Labute approximate surface area is 164 Å². The molecule has 0 saturated heterocycles. The molecule has 0 unspecified atom stereocenters. The summed E-state index contributed by atoms with van der Waals surface area (Å²) in [7, 11) is 0. The van der Waals surface area contributed by atoms with Gasteiger partial charge in [0, 0.05) is 26.2 Å². The summed E-state index contributed by atoms with van der Waals surface area (Å²) in [6.45, 7) is 6.64. The zero-order valence-electron chi connectivity index (χ0n) is 15.8. The van der Waals surface area contributed by atoms with Crippen molar-refractivity contribution in [3.8, 4) is 0 Å². The first kappa shape index (κ1) is 20.9. The molecule has 1 aromatic carbocycles. The molecule has 1 heterocycles. The molecule has 0 atom stereocenters. The first-order valence-electron chi connectivity index (χ1n) is 9.19. The van der Waals surface area contributed by atoms with Gasteiger partial charge in [0.05, 0.1) is 4.88 Å². The molecule has 1 amide bonds. The van der Waals surface area contributed by atoms with E-state index in [9.17, 15) is 9.18 Å². The number of carbonyl (C=O) groups is 1. The second-order valence-electron chi connectivity index (χ2n) is 6.09. The van der Waals surface area contributed by atoms with Gasteiger partial charge < -0.3 is 16.0 Å². The molecule has 0 bridgehead atoms. The molecule has 0 aliphatic heterocycles. The molecule has 3 N–H and O–H groups in total. The maximum atomic E-state index is 13.2. The van der Waals surface area contributed by atoms with E-state index in [1.165, 1.54) is 17.4 Å². The summed E-state index contributed by atoms with van der Waals surface area (Å²) in [5.41, 5.74) is 2.08. The molecular weight excluding hydrogens is 363 g/mol. The van der Waals surface area contributed by atoms with E-state index >= 15 is 0 Å². The number of carbonyl (C=O) groups excluding carboxylic acids is 1. The molecule has 0 saturated carbocycles. The third-order valence-corrected chi connectivity index (χ3v) is 4.84. The van der Waals surface area contributed by atoms with Gasteiger partial charge in [-0.1, -0.05) is 12.1 Å². The van der Waals surface area contributed by atoms with Crippen molar-refractivity contribution in [3.05, 3.63) is 57.5 Å². The average Bonchev–Trinajstić information content (AvgIpc) is 3.18. The molecule has 2 aromatic rings. The van der Waals surface area contributed by atoms with Crippen LogP contribution < -0.4 is 16.0 Å². The fraction of sp³-hybridized carbons (Fsp3) is 0.400. The number of thiophene rings is 1. The number of hydrogen-bond donors (Lipinski definition) is 3. The van der Waals surface area contributed by atoms with Crippen LogP contribution in [-0.2, 0) is 6.42 Å². The second kappa shape index (κ2) is 11.3. The van der Waals surface area contributed by atoms with Crippen LogP contribution in [0.3, 0.4) is 0 Å².